The molecule has 2 heterocycles. The van der Waals surface area contributed by atoms with Crippen LogP contribution in [0.1, 0.15) is 11.8 Å². The minimum Gasteiger partial charge on any atom is -0.428 e. The third-order valence-electron chi connectivity index (χ3n) is 2.09. The van der Waals surface area contributed by atoms with Gasteiger partial charge in [-0.15, -0.1) is 0 Å². The predicted molar refractivity (Wildman–Crippen MR) is 51.0 cm³/mol. The molecule has 0 saturated carbocycles. The van der Waals surface area contributed by atoms with E-state index in [1.54, 1.807) is 24.3 Å². The van der Waals surface area contributed by atoms with Gasteiger partial charge in [0.05, 0.1) is 0 Å². The summed E-state index contributed by atoms with van der Waals surface area (Å²) in [4.78, 5) is 7.85. The first-order chi connectivity index (χ1) is 7.80. The number of benzene rings is 1. The highest BCUT2D eigenvalue weighted by Gasteiger charge is 2.11. The summed E-state index contributed by atoms with van der Waals surface area (Å²) >= 11 is 0. The quantitative estimate of drug-likeness (QED) is 0.559. The summed E-state index contributed by atoms with van der Waals surface area (Å²) in [5, 5.41) is 17.2. The Labute approximate surface area is 88.3 Å². The van der Waals surface area contributed by atoms with Crippen molar-refractivity contribution in [1.82, 2.24) is 9.97 Å². The summed E-state index contributed by atoms with van der Waals surface area (Å²) < 4.78 is 10.3. The van der Waals surface area contributed by atoms with Crippen molar-refractivity contribution in [3.63, 3.8) is 0 Å². The highest BCUT2D eigenvalue weighted by Crippen LogP contribution is 2.23. The zero-order valence-corrected chi connectivity index (χ0v) is 7.76. The van der Waals surface area contributed by atoms with Crippen LogP contribution in [0, 0.1) is 22.7 Å². The van der Waals surface area contributed by atoms with E-state index in [-0.39, 0.29) is 11.8 Å². The highest BCUT2D eigenvalue weighted by atomic mass is 16.4. The largest absolute Gasteiger partial charge is 0.428 e. The molecule has 0 unspecified atom stereocenters. The second kappa shape index (κ2) is 2.81. The van der Waals surface area contributed by atoms with Gasteiger partial charge in [0.25, 0.3) is 0 Å². The van der Waals surface area contributed by atoms with Crippen molar-refractivity contribution in [2.45, 2.75) is 0 Å². The van der Waals surface area contributed by atoms with Gasteiger partial charge < -0.3 is 8.83 Å². The molecule has 3 aromatic rings. The van der Waals surface area contributed by atoms with Crippen LogP contribution < -0.4 is 0 Å². The molecule has 0 bridgehead atoms. The second-order valence-corrected chi connectivity index (χ2v) is 3.05. The summed E-state index contributed by atoms with van der Waals surface area (Å²) in [5.41, 5.74) is 1.90. The van der Waals surface area contributed by atoms with Crippen LogP contribution >= 0.6 is 0 Å². The van der Waals surface area contributed by atoms with Crippen molar-refractivity contribution in [3.8, 4) is 12.1 Å². The maximum atomic E-state index is 8.62. The molecular weight excluding hydrogens is 208 g/mol. The van der Waals surface area contributed by atoms with E-state index < -0.39 is 0 Å². The number of oxazole rings is 2. The molecule has 0 spiro atoms. The van der Waals surface area contributed by atoms with E-state index in [2.05, 4.69) is 9.97 Å². The van der Waals surface area contributed by atoms with Gasteiger partial charge in [0, 0.05) is 6.07 Å². The lowest BCUT2D eigenvalue weighted by molar-refractivity contribution is 0.574. The molecule has 16 heavy (non-hydrogen) atoms. The van der Waals surface area contributed by atoms with Gasteiger partial charge in [-0.2, -0.15) is 20.5 Å². The van der Waals surface area contributed by atoms with Crippen LogP contribution in [0.2, 0.25) is 0 Å². The molecule has 74 valence electrons. The van der Waals surface area contributed by atoms with Crippen molar-refractivity contribution in [3.05, 3.63) is 23.9 Å². The molecule has 0 aliphatic carbocycles. The Morgan fingerprint density at radius 1 is 0.875 bits per heavy atom. The third-order valence-corrected chi connectivity index (χ3v) is 2.09. The molecule has 6 heteroatoms. The van der Waals surface area contributed by atoms with Crippen LogP contribution in [0.5, 0.6) is 0 Å². The van der Waals surface area contributed by atoms with Gasteiger partial charge in [-0.1, -0.05) is 0 Å². The number of hydrogen-bond donors (Lipinski definition) is 0. The monoisotopic (exact) mass is 210 g/mol. The molecule has 0 aliphatic heterocycles. The predicted octanol–water partition coefficient (Wildman–Crippen LogP) is 1.71. The number of fused-ring (bicyclic) bond motifs is 2. The smallest absolute Gasteiger partial charge is 0.301 e. The minimum absolute atomic E-state index is 0.0110. The van der Waals surface area contributed by atoms with E-state index >= 15 is 0 Å². The van der Waals surface area contributed by atoms with Gasteiger partial charge in [0.1, 0.15) is 11.0 Å². The second-order valence-electron chi connectivity index (χ2n) is 3.05. The Balaban J connectivity index is 2.39. The molecule has 0 saturated heterocycles. The van der Waals surface area contributed by atoms with Crippen LogP contribution in [-0.2, 0) is 0 Å². The van der Waals surface area contributed by atoms with Crippen LogP contribution in [-0.4, -0.2) is 9.97 Å². The van der Waals surface area contributed by atoms with Gasteiger partial charge in [-0.3, -0.25) is 0 Å². The average molecular weight is 210 g/mol. The van der Waals surface area contributed by atoms with E-state index in [9.17, 15) is 0 Å². The maximum Gasteiger partial charge on any atom is 0.301 e. The third kappa shape index (κ3) is 1.04. The molecule has 6 nitrogen and oxygen atoms in total. The molecule has 0 atom stereocenters. The van der Waals surface area contributed by atoms with E-state index in [1.165, 1.54) is 0 Å². The summed E-state index contributed by atoms with van der Waals surface area (Å²) in [6, 6.07) is 6.78. The highest BCUT2D eigenvalue weighted by molar-refractivity contribution is 5.89. The first-order valence-electron chi connectivity index (χ1n) is 4.31. The SMILES string of the molecule is N#Cc1nc2cc3nc(C#N)oc3cc2o1. The number of aromatic nitrogens is 2. The van der Waals surface area contributed by atoms with Gasteiger partial charge in [-0.25, -0.2) is 0 Å². The van der Waals surface area contributed by atoms with E-state index in [0.717, 1.165) is 0 Å². The van der Waals surface area contributed by atoms with Crippen molar-refractivity contribution in [2.75, 3.05) is 0 Å². The van der Waals surface area contributed by atoms with Crippen LogP contribution in [0.25, 0.3) is 22.2 Å². The van der Waals surface area contributed by atoms with E-state index in [4.69, 9.17) is 19.4 Å². The minimum atomic E-state index is -0.0110. The average Bonchev–Trinajstić information content (AvgIpc) is 2.86. The van der Waals surface area contributed by atoms with Crippen LogP contribution in [0.3, 0.4) is 0 Å². The Morgan fingerprint density at radius 2 is 1.38 bits per heavy atom. The van der Waals surface area contributed by atoms with Crippen LogP contribution in [0.15, 0.2) is 21.0 Å². The molecule has 0 radical (unpaired) electrons. The van der Waals surface area contributed by atoms with E-state index in [1.807, 2.05) is 0 Å². The zero-order valence-electron chi connectivity index (χ0n) is 7.76. The van der Waals surface area contributed by atoms with Crippen molar-refractivity contribution < 1.29 is 8.83 Å². The van der Waals surface area contributed by atoms with Gasteiger partial charge in [-0.05, 0) is 6.07 Å². The lowest BCUT2D eigenvalue weighted by atomic mass is 10.3. The fourth-order valence-electron chi connectivity index (χ4n) is 1.45. The van der Waals surface area contributed by atoms with Crippen molar-refractivity contribution in [1.29, 1.82) is 10.5 Å². The van der Waals surface area contributed by atoms with E-state index in [0.29, 0.717) is 22.2 Å². The summed E-state index contributed by atoms with van der Waals surface area (Å²) in [7, 11) is 0. The Hall–Kier alpha value is -2.86. The molecule has 0 amide bonds. The van der Waals surface area contributed by atoms with Crippen LogP contribution in [0.4, 0.5) is 0 Å². The standard InChI is InChI=1S/C10H2N4O2/c11-3-9-13-5-1-6-8(2-7(5)15-9)16-10(4-12)14-6/h1-2H. The lowest BCUT2D eigenvalue weighted by Gasteiger charge is -1.84. The van der Waals surface area contributed by atoms with Gasteiger partial charge in [0.15, 0.2) is 23.3 Å². The number of rotatable bonds is 0. The first kappa shape index (κ1) is 8.45. The summed E-state index contributed by atoms with van der Waals surface area (Å²) in [5.74, 6) is -0.0219. The molecular formula is C10H2N4O2. The Bertz CT molecular complexity index is 670. The zero-order chi connectivity index (χ0) is 11.1. The number of nitrogens with zero attached hydrogens (tertiary/aromatic N) is 4. The van der Waals surface area contributed by atoms with Crippen molar-refractivity contribution in [2.24, 2.45) is 0 Å². The fourth-order valence-corrected chi connectivity index (χ4v) is 1.45. The van der Waals surface area contributed by atoms with Gasteiger partial charge in [0.2, 0.25) is 0 Å². The molecule has 0 N–H and O–H groups in total. The molecule has 0 aliphatic rings. The Morgan fingerprint density at radius 3 is 1.81 bits per heavy atom. The first-order valence-corrected chi connectivity index (χ1v) is 4.31. The lowest BCUT2D eigenvalue weighted by Crippen LogP contribution is -1.72. The molecule has 3 rings (SSSR count). The Kier molecular flexibility index (Phi) is 1.49. The molecule has 1 aromatic carbocycles. The van der Waals surface area contributed by atoms with Crippen molar-refractivity contribution >= 4 is 22.2 Å². The maximum absolute atomic E-state index is 8.62. The fraction of sp³-hybridized carbons (Fsp3) is 0. The topological polar surface area (TPSA) is 99.6 Å². The summed E-state index contributed by atoms with van der Waals surface area (Å²) in [6.45, 7) is 0. The molecule has 0 fully saturated rings. The number of nitriles is 2. The normalized spacial score (nSPS) is 10.4. The van der Waals surface area contributed by atoms with Gasteiger partial charge >= 0.3 is 11.8 Å². The number of hydrogen-bond acceptors (Lipinski definition) is 6. The summed E-state index contributed by atoms with van der Waals surface area (Å²) in [6.07, 6.45) is 0. The molecule has 2 aromatic heterocycles.